The summed E-state index contributed by atoms with van der Waals surface area (Å²) in [6.45, 7) is 4.24. The SMILES string of the molecule is CC(C)N(CCO)c1cc(N)cc(S(N)(=O)=O)c1. The van der Waals surface area contributed by atoms with Gasteiger partial charge in [-0.2, -0.15) is 0 Å². The molecule has 0 bridgehead atoms. The molecule has 1 aromatic carbocycles. The first-order valence-corrected chi connectivity index (χ1v) is 7.11. The Balaban J connectivity index is 3.27. The minimum Gasteiger partial charge on any atom is -0.399 e. The predicted octanol–water partition coefficient (Wildman–Crippen LogP) is 0.123. The number of nitrogen functional groups attached to an aromatic ring is 1. The van der Waals surface area contributed by atoms with E-state index < -0.39 is 10.0 Å². The van der Waals surface area contributed by atoms with E-state index in [2.05, 4.69) is 0 Å². The van der Waals surface area contributed by atoms with Crippen molar-refractivity contribution in [2.24, 2.45) is 5.14 Å². The molecule has 0 saturated heterocycles. The molecule has 0 radical (unpaired) electrons. The molecule has 0 amide bonds. The van der Waals surface area contributed by atoms with Gasteiger partial charge in [-0.3, -0.25) is 0 Å². The van der Waals surface area contributed by atoms with Gasteiger partial charge in [0.15, 0.2) is 0 Å². The maximum absolute atomic E-state index is 11.3. The van der Waals surface area contributed by atoms with Crippen LogP contribution in [-0.4, -0.2) is 32.7 Å². The third kappa shape index (κ3) is 3.59. The molecule has 0 aromatic heterocycles. The van der Waals surface area contributed by atoms with Gasteiger partial charge in [0.2, 0.25) is 10.0 Å². The summed E-state index contributed by atoms with van der Waals surface area (Å²) in [4.78, 5) is 1.83. The molecule has 0 heterocycles. The van der Waals surface area contributed by atoms with Gasteiger partial charge < -0.3 is 15.7 Å². The smallest absolute Gasteiger partial charge is 0.238 e. The Morgan fingerprint density at radius 3 is 2.39 bits per heavy atom. The molecule has 0 spiro atoms. The molecule has 0 aliphatic heterocycles. The van der Waals surface area contributed by atoms with E-state index in [1.54, 1.807) is 6.07 Å². The Hall–Kier alpha value is -1.31. The van der Waals surface area contributed by atoms with Crippen molar-refractivity contribution in [3.8, 4) is 0 Å². The summed E-state index contributed by atoms with van der Waals surface area (Å²) < 4.78 is 22.7. The van der Waals surface area contributed by atoms with Crippen molar-refractivity contribution in [1.82, 2.24) is 0 Å². The molecule has 18 heavy (non-hydrogen) atoms. The summed E-state index contributed by atoms with van der Waals surface area (Å²) in [6.07, 6.45) is 0. The average molecular weight is 273 g/mol. The van der Waals surface area contributed by atoms with E-state index in [9.17, 15) is 8.42 Å². The summed E-state index contributed by atoms with van der Waals surface area (Å²) in [7, 11) is -3.79. The normalized spacial score (nSPS) is 11.8. The third-order valence-corrected chi connectivity index (χ3v) is 3.43. The second kappa shape index (κ2) is 5.55. The van der Waals surface area contributed by atoms with E-state index in [0.29, 0.717) is 17.9 Å². The number of sulfonamides is 1. The van der Waals surface area contributed by atoms with Gasteiger partial charge in [0.25, 0.3) is 0 Å². The Labute approximate surface area is 107 Å². The van der Waals surface area contributed by atoms with Gasteiger partial charge in [-0.25, -0.2) is 13.6 Å². The lowest BCUT2D eigenvalue weighted by Gasteiger charge is -2.28. The Morgan fingerprint density at radius 2 is 1.94 bits per heavy atom. The van der Waals surface area contributed by atoms with Crippen LogP contribution in [0.3, 0.4) is 0 Å². The molecule has 6 nitrogen and oxygen atoms in total. The number of rotatable bonds is 5. The predicted molar refractivity (Wildman–Crippen MR) is 71.8 cm³/mol. The van der Waals surface area contributed by atoms with Crippen molar-refractivity contribution in [2.75, 3.05) is 23.8 Å². The van der Waals surface area contributed by atoms with Crippen LogP contribution < -0.4 is 15.8 Å². The molecule has 5 N–H and O–H groups in total. The zero-order valence-electron chi connectivity index (χ0n) is 10.5. The van der Waals surface area contributed by atoms with Crippen molar-refractivity contribution < 1.29 is 13.5 Å². The van der Waals surface area contributed by atoms with Crippen LogP contribution in [0.5, 0.6) is 0 Å². The van der Waals surface area contributed by atoms with Gasteiger partial charge in [0.05, 0.1) is 11.5 Å². The largest absolute Gasteiger partial charge is 0.399 e. The van der Waals surface area contributed by atoms with Gasteiger partial charge in [-0.15, -0.1) is 0 Å². The third-order valence-electron chi connectivity index (χ3n) is 2.54. The molecule has 1 aromatic rings. The molecule has 0 aliphatic rings. The lowest BCUT2D eigenvalue weighted by Crippen LogP contribution is -2.33. The molecule has 102 valence electrons. The van der Waals surface area contributed by atoms with E-state index in [4.69, 9.17) is 16.0 Å². The summed E-state index contributed by atoms with van der Waals surface area (Å²) in [5.41, 5.74) is 6.63. The van der Waals surface area contributed by atoms with Crippen LogP contribution in [-0.2, 0) is 10.0 Å². The molecule has 7 heteroatoms. The summed E-state index contributed by atoms with van der Waals surface area (Å²) in [6, 6.07) is 4.54. The van der Waals surface area contributed by atoms with Crippen molar-refractivity contribution in [3.63, 3.8) is 0 Å². The Morgan fingerprint density at radius 1 is 1.33 bits per heavy atom. The maximum Gasteiger partial charge on any atom is 0.238 e. The highest BCUT2D eigenvalue weighted by atomic mass is 32.2. The molecule has 0 unspecified atom stereocenters. The van der Waals surface area contributed by atoms with Gasteiger partial charge in [0.1, 0.15) is 0 Å². The van der Waals surface area contributed by atoms with Gasteiger partial charge in [-0.05, 0) is 32.0 Å². The monoisotopic (exact) mass is 273 g/mol. The number of hydrogen-bond acceptors (Lipinski definition) is 5. The molecule has 0 saturated carbocycles. The fourth-order valence-electron chi connectivity index (χ4n) is 1.73. The number of nitrogens with zero attached hydrogens (tertiary/aromatic N) is 1. The second-order valence-electron chi connectivity index (χ2n) is 4.32. The number of benzene rings is 1. The number of anilines is 2. The van der Waals surface area contributed by atoms with Crippen molar-refractivity contribution >= 4 is 21.4 Å². The molecule has 1 rings (SSSR count). The fraction of sp³-hybridized carbons (Fsp3) is 0.455. The van der Waals surface area contributed by atoms with Gasteiger partial charge in [-0.1, -0.05) is 0 Å². The summed E-state index contributed by atoms with van der Waals surface area (Å²) in [5.74, 6) is 0. The number of aliphatic hydroxyl groups excluding tert-OH is 1. The Kier molecular flexibility index (Phi) is 4.55. The van der Waals surface area contributed by atoms with Gasteiger partial charge in [0, 0.05) is 24.0 Å². The molecular formula is C11H19N3O3S. The molecule has 0 fully saturated rings. The minimum atomic E-state index is -3.79. The van der Waals surface area contributed by atoms with Crippen LogP contribution in [0, 0.1) is 0 Å². The number of aliphatic hydroxyl groups is 1. The van der Waals surface area contributed by atoms with E-state index >= 15 is 0 Å². The van der Waals surface area contributed by atoms with Crippen LogP contribution in [0.25, 0.3) is 0 Å². The van der Waals surface area contributed by atoms with Crippen LogP contribution in [0.1, 0.15) is 13.8 Å². The first-order chi connectivity index (χ1) is 8.25. The summed E-state index contributed by atoms with van der Waals surface area (Å²) in [5, 5.41) is 14.1. The molecule has 0 atom stereocenters. The number of nitrogens with two attached hydrogens (primary N) is 2. The lowest BCUT2D eigenvalue weighted by atomic mass is 10.2. The zero-order chi connectivity index (χ0) is 13.9. The van der Waals surface area contributed by atoms with Crippen LogP contribution in [0.2, 0.25) is 0 Å². The average Bonchev–Trinajstić information content (AvgIpc) is 2.23. The van der Waals surface area contributed by atoms with Crippen LogP contribution in [0.4, 0.5) is 11.4 Å². The topological polar surface area (TPSA) is 110 Å². The van der Waals surface area contributed by atoms with Crippen LogP contribution >= 0.6 is 0 Å². The van der Waals surface area contributed by atoms with Crippen LogP contribution in [0.15, 0.2) is 23.1 Å². The maximum atomic E-state index is 11.3. The molecular weight excluding hydrogens is 254 g/mol. The highest BCUT2D eigenvalue weighted by Gasteiger charge is 2.15. The number of hydrogen-bond donors (Lipinski definition) is 3. The van der Waals surface area contributed by atoms with Crippen molar-refractivity contribution in [2.45, 2.75) is 24.8 Å². The number of primary sulfonamides is 1. The minimum absolute atomic E-state index is 0.0268. The first kappa shape index (κ1) is 14.7. The Bertz CT molecular complexity index is 514. The van der Waals surface area contributed by atoms with Crippen molar-refractivity contribution in [3.05, 3.63) is 18.2 Å². The highest BCUT2D eigenvalue weighted by Crippen LogP contribution is 2.24. The summed E-state index contributed by atoms with van der Waals surface area (Å²) >= 11 is 0. The van der Waals surface area contributed by atoms with Crippen molar-refractivity contribution in [1.29, 1.82) is 0 Å². The zero-order valence-corrected chi connectivity index (χ0v) is 11.3. The fourth-order valence-corrected chi connectivity index (χ4v) is 2.31. The molecule has 0 aliphatic carbocycles. The lowest BCUT2D eigenvalue weighted by molar-refractivity contribution is 0.299. The first-order valence-electron chi connectivity index (χ1n) is 5.56. The van der Waals surface area contributed by atoms with E-state index in [0.717, 1.165) is 0 Å². The standard InChI is InChI=1S/C11H19N3O3S/c1-8(2)14(3-4-15)10-5-9(12)6-11(7-10)18(13,16)17/h5-8,15H,3-4,12H2,1-2H3,(H2,13,16,17). The second-order valence-corrected chi connectivity index (χ2v) is 5.88. The van der Waals surface area contributed by atoms with E-state index in [-0.39, 0.29) is 17.5 Å². The van der Waals surface area contributed by atoms with E-state index in [1.807, 2.05) is 18.7 Å². The quantitative estimate of drug-likeness (QED) is 0.660. The highest BCUT2D eigenvalue weighted by molar-refractivity contribution is 7.89. The van der Waals surface area contributed by atoms with Gasteiger partial charge >= 0.3 is 0 Å². The van der Waals surface area contributed by atoms with E-state index in [1.165, 1.54) is 12.1 Å².